The van der Waals surface area contributed by atoms with Gasteiger partial charge in [-0.1, -0.05) is 11.3 Å². The van der Waals surface area contributed by atoms with Crippen molar-refractivity contribution in [1.29, 1.82) is 0 Å². The van der Waals surface area contributed by atoms with Crippen molar-refractivity contribution < 1.29 is 9.18 Å². The van der Waals surface area contributed by atoms with Gasteiger partial charge in [0.15, 0.2) is 5.13 Å². The van der Waals surface area contributed by atoms with Gasteiger partial charge >= 0.3 is 0 Å². The van der Waals surface area contributed by atoms with E-state index in [1.54, 1.807) is 6.07 Å². The molecular weight excluding hydrogens is 311 g/mol. The number of carbonyl (C=O) groups is 1. The zero-order chi connectivity index (χ0) is 15.6. The summed E-state index contributed by atoms with van der Waals surface area (Å²) in [5, 5.41) is 3.66. The number of anilines is 1. The fourth-order valence-corrected chi connectivity index (χ4v) is 6.46. The van der Waals surface area contributed by atoms with Crippen LogP contribution in [-0.2, 0) is 4.79 Å². The second-order valence-corrected chi connectivity index (χ2v) is 8.81. The molecular formula is C18H19FN2OS. The fourth-order valence-electron chi connectivity index (χ4n) is 5.57. The van der Waals surface area contributed by atoms with Gasteiger partial charge in [-0.3, -0.25) is 4.79 Å². The third-order valence-corrected chi connectivity index (χ3v) is 7.02. The summed E-state index contributed by atoms with van der Waals surface area (Å²) < 4.78 is 14.1. The van der Waals surface area contributed by atoms with Crippen LogP contribution in [0, 0.1) is 29.0 Å². The molecule has 6 rings (SSSR count). The maximum atomic E-state index is 13.3. The highest BCUT2D eigenvalue weighted by Gasteiger charge is 2.54. The van der Waals surface area contributed by atoms with Gasteiger partial charge in [0.2, 0.25) is 5.91 Å². The Kier molecular flexibility index (Phi) is 2.88. The SMILES string of the molecule is O=C(Nc1nc2ccc(F)cc2s1)C12CC3CC(CC(C3)C1)C2. The number of rotatable bonds is 2. The molecule has 4 aliphatic rings. The maximum Gasteiger partial charge on any atom is 0.232 e. The molecule has 4 bridgehead atoms. The van der Waals surface area contributed by atoms with Gasteiger partial charge in [-0.05, 0) is 74.5 Å². The predicted octanol–water partition coefficient (Wildman–Crippen LogP) is 4.59. The summed E-state index contributed by atoms with van der Waals surface area (Å²) in [7, 11) is 0. The normalized spacial score (nSPS) is 34.9. The molecule has 0 atom stereocenters. The van der Waals surface area contributed by atoms with Crippen LogP contribution >= 0.6 is 11.3 Å². The van der Waals surface area contributed by atoms with E-state index >= 15 is 0 Å². The number of halogens is 1. The largest absolute Gasteiger partial charge is 0.301 e. The number of aromatic nitrogens is 1. The Morgan fingerprint density at radius 1 is 1.17 bits per heavy atom. The first kappa shape index (κ1) is 13.9. The van der Waals surface area contributed by atoms with Gasteiger partial charge < -0.3 is 5.32 Å². The van der Waals surface area contributed by atoms with Gasteiger partial charge in [-0.2, -0.15) is 0 Å². The van der Waals surface area contributed by atoms with Gasteiger partial charge in [0, 0.05) is 0 Å². The summed E-state index contributed by atoms with van der Waals surface area (Å²) in [4.78, 5) is 17.4. The molecule has 0 unspecified atom stereocenters. The lowest BCUT2D eigenvalue weighted by Gasteiger charge is -2.55. The minimum atomic E-state index is -0.264. The van der Waals surface area contributed by atoms with Crippen LogP contribution in [0.2, 0.25) is 0 Å². The van der Waals surface area contributed by atoms with E-state index in [1.165, 1.54) is 42.7 Å². The monoisotopic (exact) mass is 330 g/mol. The van der Waals surface area contributed by atoms with Crippen LogP contribution in [-0.4, -0.2) is 10.9 Å². The highest BCUT2D eigenvalue weighted by Crippen LogP contribution is 2.60. The van der Waals surface area contributed by atoms with Gasteiger partial charge in [-0.15, -0.1) is 0 Å². The van der Waals surface area contributed by atoms with Crippen molar-refractivity contribution >= 4 is 32.6 Å². The summed E-state index contributed by atoms with van der Waals surface area (Å²) in [6, 6.07) is 4.56. The number of carbonyl (C=O) groups excluding carboxylic acids is 1. The summed E-state index contributed by atoms with van der Waals surface area (Å²) >= 11 is 1.36. The van der Waals surface area contributed by atoms with E-state index in [9.17, 15) is 9.18 Å². The van der Waals surface area contributed by atoms with Gasteiger partial charge in [0.05, 0.1) is 15.6 Å². The number of thiazole rings is 1. The average molecular weight is 330 g/mol. The number of fused-ring (bicyclic) bond motifs is 1. The zero-order valence-corrected chi connectivity index (χ0v) is 13.7. The Labute approximate surface area is 138 Å². The molecule has 1 aromatic heterocycles. The van der Waals surface area contributed by atoms with E-state index < -0.39 is 0 Å². The van der Waals surface area contributed by atoms with Crippen molar-refractivity contribution in [3.63, 3.8) is 0 Å². The van der Waals surface area contributed by atoms with Crippen LogP contribution in [0.3, 0.4) is 0 Å². The van der Waals surface area contributed by atoms with Crippen molar-refractivity contribution in [3.8, 4) is 0 Å². The maximum absolute atomic E-state index is 13.3. The number of nitrogens with one attached hydrogen (secondary N) is 1. The second kappa shape index (κ2) is 4.76. The quantitative estimate of drug-likeness (QED) is 0.875. The minimum Gasteiger partial charge on any atom is -0.301 e. The van der Waals surface area contributed by atoms with Gasteiger partial charge in [0.25, 0.3) is 0 Å². The van der Waals surface area contributed by atoms with Crippen LogP contribution in [0.4, 0.5) is 9.52 Å². The molecule has 0 aliphatic heterocycles. The molecule has 1 aromatic carbocycles. The number of benzene rings is 1. The molecule has 1 amide bonds. The first-order valence-corrected chi connectivity index (χ1v) is 9.29. The van der Waals surface area contributed by atoms with Crippen molar-refractivity contribution in [2.45, 2.75) is 38.5 Å². The van der Waals surface area contributed by atoms with Gasteiger partial charge in [-0.25, -0.2) is 9.37 Å². The van der Waals surface area contributed by atoms with E-state index in [4.69, 9.17) is 0 Å². The average Bonchev–Trinajstić information content (AvgIpc) is 2.87. The molecule has 120 valence electrons. The number of nitrogens with zero attached hydrogens (tertiary/aromatic N) is 1. The molecule has 4 fully saturated rings. The molecule has 0 spiro atoms. The molecule has 2 aromatic rings. The summed E-state index contributed by atoms with van der Waals surface area (Å²) in [5.74, 6) is 2.13. The number of amides is 1. The van der Waals surface area contributed by atoms with Gasteiger partial charge in [0.1, 0.15) is 5.82 Å². The third kappa shape index (κ3) is 2.20. The Morgan fingerprint density at radius 3 is 2.48 bits per heavy atom. The van der Waals surface area contributed by atoms with E-state index in [-0.39, 0.29) is 17.1 Å². The first-order chi connectivity index (χ1) is 11.1. The van der Waals surface area contributed by atoms with E-state index in [0.717, 1.165) is 47.2 Å². The Morgan fingerprint density at radius 2 is 1.83 bits per heavy atom. The summed E-state index contributed by atoms with van der Waals surface area (Å²) in [5.41, 5.74) is 0.579. The van der Waals surface area contributed by atoms with Crippen LogP contribution in [0.1, 0.15) is 38.5 Å². The molecule has 0 radical (unpaired) electrons. The third-order valence-electron chi connectivity index (χ3n) is 6.09. The molecule has 1 heterocycles. The summed E-state index contributed by atoms with van der Waals surface area (Å²) in [6.45, 7) is 0. The smallest absolute Gasteiger partial charge is 0.232 e. The Hall–Kier alpha value is -1.49. The Balaban J connectivity index is 1.42. The lowest BCUT2D eigenvalue weighted by molar-refractivity contribution is -0.140. The highest BCUT2D eigenvalue weighted by atomic mass is 32.1. The first-order valence-electron chi connectivity index (χ1n) is 8.47. The molecule has 0 saturated heterocycles. The molecule has 23 heavy (non-hydrogen) atoms. The molecule has 4 aliphatic carbocycles. The van der Waals surface area contributed by atoms with E-state index in [0.29, 0.717) is 5.13 Å². The lowest BCUT2D eigenvalue weighted by atomic mass is 9.49. The minimum absolute atomic E-state index is 0.149. The second-order valence-electron chi connectivity index (χ2n) is 7.78. The van der Waals surface area contributed by atoms with Crippen LogP contribution in [0.25, 0.3) is 10.2 Å². The highest BCUT2D eigenvalue weighted by molar-refractivity contribution is 7.22. The molecule has 5 heteroatoms. The molecule has 4 saturated carbocycles. The lowest BCUT2D eigenvalue weighted by Crippen LogP contribution is -2.51. The van der Waals surface area contributed by atoms with E-state index in [2.05, 4.69) is 10.3 Å². The zero-order valence-electron chi connectivity index (χ0n) is 12.8. The van der Waals surface area contributed by atoms with Crippen molar-refractivity contribution in [2.75, 3.05) is 5.32 Å². The number of hydrogen-bond donors (Lipinski definition) is 1. The molecule has 3 nitrogen and oxygen atoms in total. The van der Waals surface area contributed by atoms with Crippen LogP contribution < -0.4 is 5.32 Å². The Bertz CT molecular complexity index is 764. The van der Waals surface area contributed by atoms with Crippen molar-refractivity contribution in [3.05, 3.63) is 24.0 Å². The fraction of sp³-hybridized carbons (Fsp3) is 0.556. The van der Waals surface area contributed by atoms with Crippen LogP contribution in [0.5, 0.6) is 0 Å². The van der Waals surface area contributed by atoms with E-state index in [1.807, 2.05) is 0 Å². The topological polar surface area (TPSA) is 42.0 Å². The summed E-state index contributed by atoms with van der Waals surface area (Å²) in [6.07, 6.45) is 7.12. The standard InChI is InChI=1S/C18H19FN2OS/c19-13-1-2-14-15(6-13)23-17(20-14)21-16(22)18-7-10-3-11(8-18)5-12(4-10)9-18/h1-2,6,10-12H,3-5,7-9H2,(H,20,21,22). The number of hydrogen-bond acceptors (Lipinski definition) is 3. The van der Waals surface area contributed by atoms with Crippen molar-refractivity contribution in [1.82, 2.24) is 4.98 Å². The molecule has 1 N–H and O–H groups in total. The van der Waals surface area contributed by atoms with Crippen LogP contribution in [0.15, 0.2) is 18.2 Å². The predicted molar refractivity (Wildman–Crippen MR) is 88.8 cm³/mol. The van der Waals surface area contributed by atoms with Crippen molar-refractivity contribution in [2.24, 2.45) is 23.2 Å².